The van der Waals surface area contributed by atoms with Crippen LogP contribution < -0.4 is 5.32 Å². The summed E-state index contributed by atoms with van der Waals surface area (Å²) in [6.45, 7) is 8.93. The number of aromatic nitrogens is 1. The van der Waals surface area contributed by atoms with Crippen molar-refractivity contribution in [2.24, 2.45) is 0 Å². The highest BCUT2D eigenvalue weighted by atomic mass is 32.1. The van der Waals surface area contributed by atoms with Crippen LogP contribution in [0.4, 0.5) is 0 Å². The third-order valence-corrected chi connectivity index (χ3v) is 4.49. The van der Waals surface area contributed by atoms with Gasteiger partial charge in [0.2, 0.25) is 0 Å². The molecule has 1 aromatic heterocycles. The van der Waals surface area contributed by atoms with Crippen LogP contribution in [0.3, 0.4) is 0 Å². The van der Waals surface area contributed by atoms with Crippen molar-refractivity contribution < 1.29 is 0 Å². The molecular weight excluding hydrogens is 242 g/mol. The highest BCUT2D eigenvalue weighted by molar-refractivity contribution is 7.09. The van der Waals surface area contributed by atoms with E-state index in [4.69, 9.17) is 4.98 Å². The standard InChI is InChI=1S/C14H25N3S/c1-3-6-14-16-13(11-18-14)10-17(4-2)9-12-7-5-8-15-12/h11-12,15H,3-10H2,1-2H3. The van der Waals surface area contributed by atoms with Crippen molar-refractivity contribution in [3.05, 3.63) is 16.1 Å². The normalized spacial score (nSPS) is 19.8. The number of nitrogens with zero attached hydrogens (tertiary/aromatic N) is 2. The highest BCUT2D eigenvalue weighted by Crippen LogP contribution is 2.14. The first-order valence-corrected chi connectivity index (χ1v) is 8.08. The molecule has 1 saturated heterocycles. The molecule has 0 spiro atoms. The number of rotatable bonds is 7. The van der Waals surface area contributed by atoms with Crippen molar-refractivity contribution in [2.75, 3.05) is 19.6 Å². The molecule has 0 saturated carbocycles. The molecule has 0 radical (unpaired) electrons. The Morgan fingerprint density at radius 3 is 3.06 bits per heavy atom. The molecule has 0 aliphatic carbocycles. The maximum absolute atomic E-state index is 4.72. The van der Waals surface area contributed by atoms with E-state index in [-0.39, 0.29) is 0 Å². The second-order valence-electron chi connectivity index (χ2n) is 5.10. The van der Waals surface area contributed by atoms with Crippen LogP contribution in [0, 0.1) is 0 Å². The van der Waals surface area contributed by atoms with E-state index in [1.54, 1.807) is 0 Å². The van der Waals surface area contributed by atoms with Gasteiger partial charge in [0, 0.05) is 24.5 Å². The predicted octanol–water partition coefficient (Wildman–Crippen LogP) is 2.67. The van der Waals surface area contributed by atoms with Crippen LogP contribution in [0.15, 0.2) is 5.38 Å². The summed E-state index contributed by atoms with van der Waals surface area (Å²) in [5.74, 6) is 0. The third kappa shape index (κ3) is 4.04. The summed E-state index contributed by atoms with van der Waals surface area (Å²) in [5.41, 5.74) is 1.25. The molecule has 1 unspecified atom stereocenters. The Morgan fingerprint density at radius 1 is 1.50 bits per heavy atom. The minimum absolute atomic E-state index is 0.693. The average Bonchev–Trinajstić information content (AvgIpc) is 3.01. The van der Waals surface area contributed by atoms with Crippen molar-refractivity contribution >= 4 is 11.3 Å². The molecule has 1 fully saturated rings. The smallest absolute Gasteiger partial charge is 0.0928 e. The molecule has 2 heterocycles. The van der Waals surface area contributed by atoms with Gasteiger partial charge in [-0.1, -0.05) is 13.8 Å². The zero-order valence-corrected chi connectivity index (χ0v) is 12.4. The van der Waals surface area contributed by atoms with Crippen molar-refractivity contribution in [3.8, 4) is 0 Å². The predicted molar refractivity (Wildman–Crippen MR) is 78.1 cm³/mol. The minimum Gasteiger partial charge on any atom is -0.313 e. The lowest BCUT2D eigenvalue weighted by Crippen LogP contribution is -2.37. The fourth-order valence-electron chi connectivity index (χ4n) is 2.51. The number of likely N-dealkylation sites (N-methyl/N-ethyl adjacent to an activating group) is 1. The summed E-state index contributed by atoms with van der Waals surface area (Å²) in [6, 6.07) is 0.693. The monoisotopic (exact) mass is 267 g/mol. The molecule has 18 heavy (non-hydrogen) atoms. The second kappa shape index (κ2) is 7.22. The first kappa shape index (κ1) is 14.0. The lowest BCUT2D eigenvalue weighted by atomic mass is 10.2. The average molecular weight is 267 g/mol. The molecule has 2 rings (SSSR count). The largest absolute Gasteiger partial charge is 0.313 e. The van der Waals surface area contributed by atoms with Gasteiger partial charge in [-0.3, -0.25) is 4.90 Å². The topological polar surface area (TPSA) is 28.2 Å². The molecular formula is C14H25N3S. The Kier molecular flexibility index (Phi) is 5.60. The summed E-state index contributed by atoms with van der Waals surface area (Å²) < 4.78 is 0. The Morgan fingerprint density at radius 2 is 2.39 bits per heavy atom. The van der Waals surface area contributed by atoms with Crippen molar-refractivity contribution in [3.63, 3.8) is 0 Å². The van der Waals surface area contributed by atoms with Gasteiger partial charge in [0.1, 0.15) is 0 Å². The zero-order valence-electron chi connectivity index (χ0n) is 11.6. The Hall–Kier alpha value is -0.450. The highest BCUT2D eigenvalue weighted by Gasteiger charge is 2.17. The van der Waals surface area contributed by atoms with E-state index >= 15 is 0 Å². The summed E-state index contributed by atoms with van der Waals surface area (Å²) >= 11 is 1.82. The van der Waals surface area contributed by atoms with Crippen LogP contribution in [0.5, 0.6) is 0 Å². The van der Waals surface area contributed by atoms with E-state index in [0.29, 0.717) is 6.04 Å². The van der Waals surface area contributed by atoms with Crippen LogP contribution in [0.25, 0.3) is 0 Å². The second-order valence-corrected chi connectivity index (χ2v) is 6.05. The van der Waals surface area contributed by atoms with Gasteiger partial charge in [-0.2, -0.15) is 0 Å². The Bertz CT molecular complexity index is 345. The summed E-state index contributed by atoms with van der Waals surface area (Å²) in [5, 5.41) is 7.10. The van der Waals surface area contributed by atoms with Crippen LogP contribution in [0.1, 0.15) is 43.8 Å². The molecule has 4 heteroatoms. The van der Waals surface area contributed by atoms with Crippen molar-refractivity contribution in [2.45, 2.75) is 52.1 Å². The maximum atomic E-state index is 4.72. The first-order chi connectivity index (χ1) is 8.81. The van der Waals surface area contributed by atoms with Gasteiger partial charge < -0.3 is 5.32 Å². The van der Waals surface area contributed by atoms with E-state index in [1.807, 2.05) is 11.3 Å². The lowest BCUT2D eigenvalue weighted by molar-refractivity contribution is 0.251. The molecule has 0 aromatic carbocycles. The molecule has 3 nitrogen and oxygen atoms in total. The molecule has 1 aromatic rings. The number of hydrogen-bond acceptors (Lipinski definition) is 4. The van der Waals surface area contributed by atoms with Crippen LogP contribution in [-0.4, -0.2) is 35.6 Å². The maximum Gasteiger partial charge on any atom is 0.0928 e. The number of nitrogens with one attached hydrogen (secondary N) is 1. The van der Waals surface area contributed by atoms with Gasteiger partial charge in [-0.25, -0.2) is 4.98 Å². The molecule has 102 valence electrons. The molecule has 1 aliphatic rings. The van der Waals surface area contributed by atoms with Crippen molar-refractivity contribution in [1.29, 1.82) is 0 Å². The lowest BCUT2D eigenvalue weighted by Gasteiger charge is -2.23. The van der Waals surface area contributed by atoms with Gasteiger partial charge in [0.15, 0.2) is 0 Å². The van der Waals surface area contributed by atoms with Gasteiger partial charge in [0.25, 0.3) is 0 Å². The number of hydrogen-bond donors (Lipinski definition) is 1. The molecule has 1 aliphatic heterocycles. The van der Waals surface area contributed by atoms with E-state index in [2.05, 4.69) is 29.4 Å². The van der Waals surface area contributed by atoms with Crippen molar-refractivity contribution in [1.82, 2.24) is 15.2 Å². The quantitative estimate of drug-likeness (QED) is 0.823. The van der Waals surface area contributed by atoms with Crippen LogP contribution >= 0.6 is 11.3 Å². The fourth-order valence-corrected chi connectivity index (χ4v) is 3.40. The van der Waals surface area contributed by atoms with Gasteiger partial charge in [0.05, 0.1) is 10.7 Å². The van der Waals surface area contributed by atoms with E-state index in [0.717, 1.165) is 26.1 Å². The van der Waals surface area contributed by atoms with E-state index in [1.165, 1.54) is 36.5 Å². The van der Waals surface area contributed by atoms with Crippen LogP contribution in [0.2, 0.25) is 0 Å². The first-order valence-electron chi connectivity index (χ1n) is 7.20. The summed E-state index contributed by atoms with van der Waals surface area (Å²) in [7, 11) is 0. The molecule has 0 bridgehead atoms. The van der Waals surface area contributed by atoms with Gasteiger partial charge >= 0.3 is 0 Å². The Labute approximate surface area is 115 Å². The molecule has 1 N–H and O–H groups in total. The summed E-state index contributed by atoms with van der Waals surface area (Å²) in [6.07, 6.45) is 4.98. The van der Waals surface area contributed by atoms with Gasteiger partial charge in [-0.15, -0.1) is 11.3 Å². The van der Waals surface area contributed by atoms with Crippen LogP contribution in [-0.2, 0) is 13.0 Å². The van der Waals surface area contributed by atoms with E-state index < -0.39 is 0 Å². The number of thiazole rings is 1. The number of aryl methyl sites for hydroxylation is 1. The van der Waals surface area contributed by atoms with E-state index in [9.17, 15) is 0 Å². The summed E-state index contributed by atoms with van der Waals surface area (Å²) in [4.78, 5) is 7.23. The minimum atomic E-state index is 0.693. The fraction of sp³-hybridized carbons (Fsp3) is 0.786. The Balaban J connectivity index is 1.83. The zero-order chi connectivity index (χ0) is 12.8. The SMILES string of the molecule is CCCc1nc(CN(CC)CC2CCCN2)cs1. The molecule has 0 amide bonds. The molecule has 1 atom stereocenters. The van der Waals surface area contributed by atoms with Gasteiger partial charge in [-0.05, 0) is 38.8 Å². The third-order valence-electron chi connectivity index (χ3n) is 3.54.